The lowest BCUT2D eigenvalue weighted by Crippen LogP contribution is -2.50. The van der Waals surface area contributed by atoms with Gasteiger partial charge in [0.05, 0.1) is 4.90 Å². The smallest absolute Gasteiger partial charge is 0.410 e. The van der Waals surface area contributed by atoms with Gasteiger partial charge in [0.1, 0.15) is 18.0 Å². The van der Waals surface area contributed by atoms with Crippen molar-refractivity contribution in [1.82, 2.24) is 14.5 Å². The summed E-state index contributed by atoms with van der Waals surface area (Å²) in [5.41, 5.74) is -0.0614. The monoisotopic (exact) mass is 544 g/mol. The third kappa shape index (κ3) is 5.37. The molecule has 37 heavy (non-hydrogen) atoms. The number of carbonyl (C=O) groups excluding carboxylic acids is 2. The van der Waals surface area contributed by atoms with Crippen molar-refractivity contribution in [3.63, 3.8) is 0 Å². The lowest BCUT2D eigenvalue weighted by Gasteiger charge is -2.34. The Kier molecular flexibility index (Phi) is 7.24. The number of nitrogens with zero attached hydrogens (tertiary/aromatic N) is 3. The average molecular weight is 545 g/mol. The van der Waals surface area contributed by atoms with Crippen LogP contribution in [0.5, 0.6) is 0 Å². The van der Waals surface area contributed by atoms with Crippen molar-refractivity contribution in [3.05, 3.63) is 65.2 Å². The van der Waals surface area contributed by atoms with Gasteiger partial charge in [-0.25, -0.2) is 13.2 Å². The zero-order valence-electron chi connectivity index (χ0n) is 20.3. The molecule has 1 unspecified atom stereocenters. The number of hydrogen-bond donors (Lipinski definition) is 1. The minimum atomic E-state index is -3.71. The summed E-state index contributed by atoms with van der Waals surface area (Å²) in [4.78, 5) is 32.3. The highest BCUT2D eigenvalue weighted by Gasteiger charge is 2.49. The van der Waals surface area contributed by atoms with Crippen LogP contribution in [0, 0.1) is 5.92 Å². The van der Waals surface area contributed by atoms with E-state index in [1.165, 1.54) is 16.4 Å². The van der Waals surface area contributed by atoms with Crippen LogP contribution >= 0.6 is 11.6 Å². The molecule has 3 aliphatic rings. The van der Waals surface area contributed by atoms with E-state index in [1.54, 1.807) is 17.0 Å². The fourth-order valence-corrected chi connectivity index (χ4v) is 6.87. The summed E-state index contributed by atoms with van der Waals surface area (Å²) in [5.74, 6) is 0.275. The largest absolute Gasteiger partial charge is 0.445 e. The van der Waals surface area contributed by atoms with Crippen LogP contribution in [0.4, 0.5) is 4.79 Å². The molecule has 0 radical (unpaired) electrons. The maximum atomic E-state index is 13.1. The molecule has 0 saturated carbocycles. The molecule has 1 spiro atoms. The van der Waals surface area contributed by atoms with E-state index in [0.717, 1.165) is 18.4 Å². The Morgan fingerprint density at radius 1 is 1.11 bits per heavy atom. The van der Waals surface area contributed by atoms with Gasteiger partial charge in [0, 0.05) is 37.1 Å². The summed E-state index contributed by atoms with van der Waals surface area (Å²) in [6.45, 7) is 1.57. The van der Waals surface area contributed by atoms with E-state index in [1.807, 2.05) is 30.3 Å². The van der Waals surface area contributed by atoms with Crippen LogP contribution in [0.3, 0.4) is 0 Å². The second-order valence-corrected chi connectivity index (χ2v) is 12.0. The average Bonchev–Trinajstić information content (AvgIpc) is 3.23. The minimum Gasteiger partial charge on any atom is -0.445 e. The molecule has 2 fully saturated rings. The molecule has 3 aliphatic heterocycles. The van der Waals surface area contributed by atoms with Gasteiger partial charge in [-0.2, -0.15) is 4.31 Å². The molecule has 2 saturated heterocycles. The number of carbonyl (C=O) groups is 2. The number of likely N-dealkylation sites (tertiary alicyclic amines) is 1. The molecule has 1 atom stereocenters. The first-order valence-electron chi connectivity index (χ1n) is 12.4. The summed E-state index contributed by atoms with van der Waals surface area (Å²) in [7, 11) is -3.71. The van der Waals surface area contributed by atoms with Crippen LogP contribution in [-0.2, 0) is 26.2 Å². The van der Waals surface area contributed by atoms with Crippen molar-refractivity contribution in [2.24, 2.45) is 10.9 Å². The minimum absolute atomic E-state index is 0.102. The van der Waals surface area contributed by atoms with Crippen LogP contribution in [0.15, 0.2) is 64.5 Å². The van der Waals surface area contributed by atoms with E-state index < -0.39 is 15.6 Å². The normalized spacial score (nSPS) is 22.0. The number of halogens is 1. The fourth-order valence-electron chi connectivity index (χ4n) is 5.12. The van der Waals surface area contributed by atoms with E-state index in [9.17, 15) is 18.0 Å². The lowest BCUT2D eigenvalue weighted by molar-refractivity contribution is -0.125. The first kappa shape index (κ1) is 25.7. The number of rotatable bonds is 5. The molecule has 2 aromatic rings. The standard InChI is InChI=1S/C26H29ClN4O5S/c27-21-9-4-10-22(16-21)37(34,35)31-14-11-26(12-15-31)24(32)28-23(29-26)20-8-5-13-30(17-20)25(33)36-18-19-6-2-1-3-7-19/h1-4,6-7,9-10,16,20H,5,8,11-15,17-18H2,(H,28,29,32). The van der Waals surface area contributed by atoms with Gasteiger partial charge in [-0.15, -0.1) is 0 Å². The molecular formula is C26H29ClN4O5S. The summed E-state index contributed by atoms with van der Waals surface area (Å²) in [5, 5.41) is 3.29. The fraction of sp³-hybridized carbons (Fsp3) is 0.423. The summed E-state index contributed by atoms with van der Waals surface area (Å²) in [6.07, 6.45) is 1.77. The van der Waals surface area contributed by atoms with E-state index in [0.29, 0.717) is 23.9 Å². The van der Waals surface area contributed by atoms with Crippen molar-refractivity contribution in [3.8, 4) is 0 Å². The number of hydrogen-bond acceptors (Lipinski definition) is 6. The Labute approximate surface area is 221 Å². The Hall–Kier alpha value is -2.95. The van der Waals surface area contributed by atoms with Crippen molar-refractivity contribution >= 4 is 39.5 Å². The molecule has 0 aliphatic carbocycles. The topological polar surface area (TPSA) is 108 Å². The molecule has 9 nitrogen and oxygen atoms in total. The molecular weight excluding hydrogens is 516 g/mol. The van der Waals surface area contributed by atoms with Crippen molar-refractivity contribution < 1.29 is 22.7 Å². The van der Waals surface area contributed by atoms with Crippen LogP contribution in [0.2, 0.25) is 5.02 Å². The maximum Gasteiger partial charge on any atom is 0.410 e. The SMILES string of the molecule is O=C(OCc1ccccc1)N1CCCC(C2=NC3(CCN(S(=O)(=O)c4cccc(Cl)c4)CC3)C(=O)N2)C1. The van der Waals surface area contributed by atoms with Gasteiger partial charge in [-0.1, -0.05) is 48.0 Å². The summed E-state index contributed by atoms with van der Waals surface area (Å²) >= 11 is 5.99. The van der Waals surface area contributed by atoms with Gasteiger partial charge in [0.2, 0.25) is 10.0 Å². The van der Waals surface area contributed by atoms with Crippen molar-refractivity contribution in [1.29, 1.82) is 0 Å². The van der Waals surface area contributed by atoms with Crippen LogP contribution < -0.4 is 5.32 Å². The molecule has 0 aromatic heterocycles. The van der Waals surface area contributed by atoms with E-state index in [-0.39, 0.29) is 55.4 Å². The second-order valence-electron chi connectivity index (χ2n) is 9.67. The van der Waals surface area contributed by atoms with Gasteiger partial charge in [0.25, 0.3) is 5.91 Å². The summed E-state index contributed by atoms with van der Waals surface area (Å²) in [6, 6.07) is 15.7. The predicted octanol–water partition coefficient (Wildman–Crippen LogP) is 3.44. The first-order chi connectivity index (χ1) is 17.8. The van der Waals surface area contributed by atoms with Gasteiger partial charge in [-0.05, 0) is 49.4 Å². The molecule has 196 valence electrons. The Morgan fingerprint density at radius 2 is 1.86 bits per heavy atom. The van der Waals surface area contributed by atoms with Gasteiger partial charge < -0.3 is 15.0 Å². The number of piperidine rings is 2. The molecule has 11 heteroatoms. The highest BCUT2D eigenvalue weighted by atomic mass is 35.5. The molecule has 3 heterocycles. The second kappa shape index (κ2) is 10.4. The molecule has 0 bridgehead atoms. The third-order valence-electron chi connectivity index (χ3n) is 7.25. The Morgan fingerprint density at radius 3 is 2.59 bits per heavy atom. The molecule has 2 aromatic carbocycles. The third-order valence-corrected chi connectivity index (χ3v) is 9.38. The van der Waals surface area contributed by atoms with Crippen LogP contribution in [0.25, 0.3) is 0 Å². The molecule has 5 rings (SSSR count). The zero-order chi connectivity index (χ0) is 26.0. The van der Waals surface area contributed by atoms with E-state index in [2.05, 4.69) is 5.32 Å². The quantitative estimate of drug-likeness (QED) is 0.620. The number of benzene rings is 2. The molecule has 2 amide bonds. The van der Waals surface area contributed by atoms with E-state index >= 15 is 0 Å². The number of aliphatic imine (C=N–C) groups is 1. The van der Waals surface area contributed by atoms with Crippen molar-refractivity contribution in [2.75, 3.05) is 26.2 Å². The number of sulfonamides is 1. The van der Waals surface area contributed by atoms with Crippen molar-refractivity contribution in [2.45, 2.75) is 42.7 Å². The van der Waals surface area contributed by atoms with Crippen LogP contribution in [0.1, 0.15) is 31.2 Å². The summed E-state index contributed by atoms with van der Waals surface area (Å²) < 4.78 is 33.0. The van der Waals surface area contributed by atoms with E-state index in [4.69, 9.17) is 21.3 Å². The predicted molar refractivity (Wildman–Crippen MR) is 139 cm³/mol. The number of ether oxygens (including phenoxy) is 1. The maximum absolute atomic E-state index is 13.1. The molecule has 1 N–H and O–H groups in total. The zero-order valence-corrected chi connectivity index (χ0v) is 21.9. The van der Waals surface area contributed by atoms with Gasteiger partial charge >= 0.3 is 6.09 Å². The highest BCUT2D eigenvalue weighted by Crippen LogP contribution is 2.34. The number of amidine groups is 1. The number of nitrogens with one attached hydrogen (secondary N) is 1. The van der Waals surface area contributed by atoms with Gasteiger partial charge in [0.15, 0.2) is 0 Å². The van der Waals surface area contributed by atoms with Crippen LogP contribution in [-0.4, -0.2) is 67.2 Å². The highest BCUT2D eigenvalue weighted by molar-refractivity contribution is 7.89. The number of amides is 2. The Balaban J connectivity index is 1.22. The lowest BCUT2D eigenvalue weighted by atomic mass is 9.89. The van der Waals surface area contributed by atoms with Gasteiger partial charge in [-0.3, -0.25) is 9.79 Å². The first-order valence-corrected chi connectivity index (χ1v) is 14.2. The Bertz CT molecular complexity index is 1310.